The van der Waals surface area contributed by atoms with Crippen LogP contribution in [0.25, 0.3) is 0 Å². The monoisotopic (exact) mass is 504 g/mol. The van der Waals surface area contributed by atoms with Crippen LogP contribution in [-0.4, -0.2) is 63.9 Å². The number of amidine groups is 1. The number of likely N-dealkylation sites (N-methyl/N-ethyl adjacent to an activating group) is 1. The molecule has 1 amide bonds. The molecule has 2 rings (SSSR count). The van der Waals surface area contributed by atoms with Gasteiger partial charge in [-0.25, -0.2) is 9.59 Å². The quantitative estimate of drug-likeness (QED) is 0.124. The molecule has 188 valence electrons. The average molecular weight is 505 g/mol. The Labute approximate surface area is 206 Å². The van der Waals surface area contributed by atoms with Crippen molar-refractivity contribution in [3.8, 4) is 5.75 Å². The van der Waals surface area contributed by atoms with Gasteiger partial charge in [0.2, 0.25) is 5.91 Å². The maximum Gasteiger partial charge on any atom is 0.353 e. The van der Waals surface area contributed by atoms with Crippen molar-refractivity contribution in [2.24, 2.45) is 11.7 Å². The molecule has 1 aromatic carbocycles. The van der Waals surface area contributed by atoms with Crippen LogP contribution >= 0.6 is 11.3 Å². The number of nitrogens with zero attached hydrogens (tertiary/aromatic N) is 1. The Bertz CT molecular complexity index is 1100. The Hall–Kier alpha value is -3.77. The highest BCUT2D eigenvalue weighted by Crippen LogP contribution is 2.23. The van der Waals surface area contributed by atoms with E-state index in [0.717, 1.165) is 4.88 Å². The fourth-order valence-electron chi connectivity index (χ4n) is 3.42. The van der Waals surface area contributed by atoms with Crippen LogP contribution in [0.5, 0.6) is 5.75 Å². The van der Waals surface area contributed by atoms with E-state index in [0.29, 0.717) is 16.2 Å². The number of amides is 1. The number of thiophene rings is 1. The number of esters is 1. The molecular formula is C23H28N4O7S. The molecule has 0 aliphatic heterocycles. The standard InChI is InChI=1S/C23H28N4O7S/c1-12(2)19(21(30)26-16(22(31)32)10-18(28)29)27(3)11-15-8-9-17(35-15)23(33)34-14-6-4-13(5-7-14)20(24)25/h4-9,12,16,19H,10-11H2,1-3H3,(H3,24,25)(H,26,30)(H,28,29)(H,31,32)/t16-,19+/m1/s1. The number of aliphatic carboxylic acids is 2. The highest BCUT2D eigenvalue weighted by atomic mass is 32.1. The van der Waals surface area contributed by atoms with E-state index in [1.165, 1.54) is 23.5 Å². The van der Waals surface area contributed by atoms with Crippen molar-refractivity contribution in [1.82, 2.24) is 10.2 Å². The molecule has 0 bridgehead atoms. The second kappa shape index (κ2) is 12.1. The van der Waals surface area contributed by atoms with Crippen molar-refractivity contribution < 1.29 is 34.1 Å². The molecule has 0 fully saturated rings. The van der Waals surface area contributed by atoms with Crippen molar-refractivity contribution in [3.05, 3.63) is 51.7 Å². The first-order valence-electron chi connectivity index (χ1n) is 10.6. The predicted octanol–water partition coefficient (Wildman–Crippen LogP) is 1.75. The summed E-state index contributed by atoms with van der Waals surface area (Å²) in [5.74, 6) is -3.91. The summed E-state index contributed by atoms with van der Waals surface area (Å²) < 4.78 is 5.35. The normalized spacial score (nSPS) is 12.7. The number of hydrogen-bond donors (Lipinski definition) is 5. The maximum absolute atomic E-state index is 12.8. The van der Waals surface area contributed by atoms with E-state index in [1.54, 1.807) is 50.1 Å². The molecule has 0 radical (unpaired) electrons. The lowest BCUT2D eigenvalue weighted by molar-refractivity contribution is -0.148. The molecule has 0 saturated carbocycles. The highest BCUT2D eigenvalue weighted by Gasteiger charge is 2.31. The van der Waals surface area contributed by atoms with Crippen molar-refractivity contribution in [1.29, 1.82) is 5.41 Å². The topological polar surface area (TPSA) is 183 Å². The van der Waals surface area contributed by atoms with Crippen LogP contribution in [0, 0.1) is 11.3 Å². The van der Waals surface area contributed by atoms with E-state index in [9.17, 15) is 24.3 Å². The Morgan fingerprint density at radius 3 is 2.26 bits per heavy atom. The van der Waals surface area contributed by atoms with Crippen LogP contribution in [0.4, 0.5) is 0 Å². The molecular weight excluding hydrogens is 476 g/mol. The van der Waals surface area contributed by atoms with Crippen LogP contribution in [0.1, 0.15) is 40.4 Å². The average Bonchev–Trinajstić information content (AvgIpc) is 3.21. The largest absolute Gasteiger partial charge is 0.481 e. The Balaban J connectivity index is 2.05. The summed E-state index contributed by atoms with van der Waals surface area (Å²) in [4.78, 5) is 50.4. The number of nitrogens with one attached hydrogen (secondary N) is 2. The first kappa shape index (κ1) is 27.5. The molecule has 6 N–H and O–H groups in total. The molecule has 11 nitrogen and oxygen atoms in total. The van der Waals surface area contributed by atoms with Gasteiger partial charge in [0, 0.05) is 17.0 Å². The van der Waals surface area contributed by atoms with E-state index in [4.69, 9.17) is 21.0 Å². The van der Waals surface area contributed by atoms with Gasteiger partial charge in [0.1, 0.15) is 22.5 Å². The zero-order valence-electron chi connectivity index (χ0n) is 19.5. The van der Waals surface area contributed by atoms with Crippen molar-refractivity contribution in [3.63, 3.8) is 0 Å². The van der Waals surface area contributed by atoms with Crippen molar-refractivity contribution in [2.45, 2.75) is 38.9 Å². The van der Waals surface area contributed by atoms with Gasteiger partial charge in [-0.3, -0.25) is 19.9 Å². The fraction of sp³-hybridized carbons (Fsp3) is 0.348. The highest BCUT2D eigenvalue weighted by molar-refractivity contribution is 7.13. The number of carbonyl (C=O) groups is 4. The molecule has 0 aliphatic rings. The van der Waals surface area contributed by atoms with Crippen LogP contribution in [0.15, 0.2) is 36.4 Å². The zero-order chi connectivity index (χ0) is 26.3. The van der Waals surface area contributed by atoms with E-state index in [2.05, 4.69) is 5.32 Å². The number of carboxylic acids is 2. The Morgan fingerprint density at radius 2 is 1.74 bits per heavy atom. The molecule has 0 spiro atoms. The van der Waals surface area contributed by atoms with Crippen LogP contribution in [-0.2, 0) is 20.9 Å². The minimum absolute atomic E-state index is 0.0938. The smallest absolute Gasteiger partial charge is 0.353 e. The van der Waals surface area contributed by atoms with E-state index in [-0.39, 0.29) is 18.3 Å². The van der Waals surface area contributed by atoms with Crippen LogP contribution in [0.3, 0.4) is 0 Å². The third kappa shape index (κ3) is 7.90. The number of hydrogen-bond acceptors (Lipinski definition) is 8. The molecule has 0 unspecified atom stereocenters. The van der Waals surface area contributed by atoms with Crippen molar-refractivity contribution >= 4 is 41.0 Å². The first-order chi connectivity index (χ1) is 16.4. The summed E-state index contributed by atoms with van der Waals surface area (Å²) in [6, 6.07) is 7.29. The lowest BCUT2D eigenvalue weighted by atomic mass is 10.0. The lowest BCUT2D eigenvalue weighted by Gasteiger charge is -2.30. The van der Waals surface area contributed by atoms with Gasteiger partial charge in [-0.15, -0.1) is 11.3 Å². The van der Waals surface area contributed by atoms with Gasteiger partial charge < -0.3 is 26.0 Å². The third-order valence-corrected chi connectivity index (χ3v) is 6.06. The summed E-state index contributed by atoms with van der Waals surface area (Å²) in [6.07, 6.45) is -0.733. The second-order valence-electron chi connectivity index (χ2n) is 8.19. The van der Waals surface area contributed by atoms with E-state index >= 15 is 0 Å². The van der Waals surface area contributed by atoms with E-state index < -0.39 is 42.3 Å². The number of ether oxygens (including phenoxy) is 1. The summed E-state index contributed by atoms with van der Waals surface area (Å²) >= 11 is 1.19. The summed E-state index contributed by atoms with van der Waals surface area (Å²) in [7, 11) is 1.69. The number of nitrogen functional groups attached to an aromatic ring is 1. The maximum atomic E-state index is 12.8. The first-order valence-corrected chi connectivity index (χ1v) is 11.4. The molecule has 2 aromatic rings. The van der Waals surface area contributed by atoms with Gasteiger partial charge in [0.15, 0.2) is 0 Å². The van der Waals surface area contributed by atoms with Gasteiger partial charge in [-0.2, -0.15) is 0 Å². The van der Waals surface area contributed by atoms with Crippen molar-refractivity contribution in [2.75, 3.05) is 7.05 Å². The summed E-state index contributed by atoms with van der Waals surface area (Å²) in [5.41, 5.74) is 5.92. The summed E-state index contributed by atoms with van der Waals surface area (Å²) in [5, 5.41) is 27.8. The van der Waals surface area contributed by atoms with Gasteiger partial charge in [-0.1, -0.05) is 13.8 Å². The van der Waals surface area contributed by atoms with E-state index in [1.807, 2.05) is 0 Å². The Morgan fingerprint density at radius 1 is 1.11 bits per heavy atom. The minimum atomic E-state index is -1.54. The lowest BCUT2D eigenvalue weighted by Crippen LogP contribution is -2.53. The zero-order valence-corrected chi connectivity index (χ0v) is 20.3. The molecule has 0 aliphatic carbocycles. The minimum Gasteiger partial charge on any atom is -0.481 e. The number of carboxylic acid groups (broad SMARTS) is 2. The molecule has 2 atom stereocenters. The Kier molecular flexibility index (Phi) is 9.49. The fourth-order valence-corrected chi connectivity index (χ4v) is 4.37. The van der Waals surface area contributed by atoms with Crippen LogP contribution in [0.2, 0.25) is 0 Å². The number of nitrogens with two attached hydrogens (primary N) is 1. The number of carbonyl (C=O) groups excluding carboxylic acids is 2. The second-order valence-corrected chi connectivity index (χ2v) is 9.36. The predicted molar refractivity (Wildman–Crippen MR) is 129 cm³/mol. The SMILES string of the molecule is CC(C)[C@@H](C(=O)N[C@H](CC(=O)O)C(=O)O)N(C)Cc1ccc(C(=O)Oc2ccc(C(=N)N)cc2)s1. The molecule has 12 heteroatoms. The molecule has 35 heavy (non-hydrogen) atoms. The van der Waals surface area contributed by atoms with Gasteiger partial charge in [0.05, 0.1) is 12.5 Å². The summed E-state index contributed by atoms with van der Waals surface area (Å²) in [6.45, 7) is 3.88. The molecule has 0 saturated heterocycles. The molecule has 1 heterocycles. The number of benzene rings is 1. The van der Waals surface area contributed by atoms with Gasteiger partial charge in [-0.05, 0) is 49.4 Å². The van der Waals surface area contributed by atoms with Gasteiger partial charge >= 0.3 is 17.9 Å². The van der Waals surface area contributed by atoms with Gasteiger partial charge in [0.25, 0.3) is 0 Å². The third-order valence-electron chi connectivity index (χ3n) is 5.01. The number of rotatable bonds is 12. The molecule has 1 aromatic heterocycles. The van der Waals surface area contributed by atoms with Crippen LogP contribution < -0.4 is 15.8 Å².